The zero-order valence-corrected chi connectivity index (χ0v) is 22.8. The van der Waals surface area contributed by atoms with E-state index >= 15 is 0 Å². The summed E-state index contributed by atoms with van der Waals surface area (Å²) in [6.45, 7) is 6.04. The van der Waals surface area contributed by atoms with Crippen molar-refractivity contribution in [3.05, 3.63) is 71.4 Å². The standard InChI is InChI=1S/C27H34FN7O5/c1-17-22(25(36)30-16-27(2,3)38)33-35(19-8-6-5-7-9-19)24(17)32-26(37)31-20-15-34(12-13-39-4)40-23(20)18-10-11-29-21(28)14-18/h5-11,14,20,23,38H,12-13,15-16H2,1-4H3,(H,30,36)(H2,31,32,37)/t20-,23+/m1/s1. The van der Waals surface area contributed by atoms with Crippen LogP contribution in [-0.4, -0.2) is 81.9 Å². The molecule has 12 nitrogen and oxygen atoms in total. The minimum Gasteiger partial charge on any atom is -0.389 e. The minimum atomic E-state index is -1.11. The molecule has 0 saturated carbocycles. The topological polar surface area (TPSA) is 143 Å². The first kappa shape index (κ1) is 29.1. The Labute approximate surface area is 231 Å². The van der Waals surface area contributed by atoms with Crippen molar-refractivity contribution in [2.45, 2.75) is 38.5 Å². The second-order valence-corrected chi connectivity index (χ2v) is 10.1. The number of hydroxylamine groups is 2. The van der Waals surface area contributed by atoms with Gasteiger partial charge in [-0.25, -0.2) is 14.5 Å². The zero-order chi connectivity index (χ0) is 28.9. The monoisotopic (exact) mass is 555 g/mol. The van der Waals surface area contributed by atoms with Crippen molar-refractivity contribution >= 4 is 17.8 Å². The fraction of sp³-hybridized carbons (Fsp3) is 0.407. The maximum absolute atomic E-state index is 13.9. The highest BCUT2D eigenvalue weighted by molar-refractivity contribution is 5.97. The lowest BCUT2D eigenvalue weighted by Crippen LogP contribution is -2.42. The number of pyridine rings is 1. The van der Waals surface area contributed by atoms with E-state index in [9.17, 15) is 19.1 Å². The van der Waals surface area contributed by atoms with Crippen molar-refractivity contribution in [2.24, 2.45) is 0 Å². The van der Waals surface area contributed by atoms with E-state index in [2.05, 4.69) is 26.0 Å². The number of nitrogens with zero attached hydrogens (tertiary/aromatic N) is 4. The average Bonchev–Trinajstić information content (AvgIpc) is 3.46. The lowest BCUT2D eigenvalue weighted by atomic mass is 10.0. The highest BCUT2D eigenvalue weighted by atomic mass is 19.1. The molecule has 1 aliphatic rings. The molecular formula is C27H34FN7O5. The van der Waals surface area contributed by atoms with E-state index in [1.165, 1.54) is 16.9 Å². The molecule has 0 aliphatic carbocycles. The third kappa shape index (κ3) is 7.18. The molecule has 3 amide bonds. The summed E-state index contributed by atoms with van der Waals surface area (Å²) in [6, 6.07) is 10.8. The molecule has 2 atom stereocenters. The maximum Gasteiger partial charge on any atom is 0.320 e. The summed E-state index contributed by atoms with van der Waals surface area (Å²) in [5.41, 5.74) is 0.575. The van der Waals surface area contributed by atoms with Crippen molar-refractivity contribution in [1.29, 1.82) is 0 Å². The number of benzene rings is 1. The fourth-order valence-corrected chi connectivity index (χ4v) is 4.24. The van der Waals surface area contributed by atoms with Crippen molar-refractivity contribution in [1.82, 2.24) is 30.5 Å². The maximum atomic E-state index is 13.9. The second-order valence-electron chi connectivity index (χ2n) is 10.1. The molecule has 1 aromatic carbocycles. The number of rotatable bonds is 10. The molecule has 1 aliphatic heterocycles. The number of anilines is 1. The Morgan fingerprint density at radius 1 is 1.25 bits per heavy atom. The molecule has 1 fully saturated rings. The minimum absolute atomic E-state index is 0.0188. The Bertz CT molecular complexity index is 1330. The van der Waals surface area contributed by atoms with Crippen LogP contribution in [-0.2, 0) is 9.57 Å². The van der Waals surface area contributed by atoms with Crippen molar-refractivity contribution < 1.29 is 28.7 Å². The van der Waals surface area contributed by atoms with E-state index in [4.69, 9.17) is 9.57 Å². The van der Waals surface area contributed by atoms with Gasteiger partial charge in [-0.05, 0) is 50.6 Å². The molecule has 0 spiro atoms. The number of methoxy groups -OCH3 is 1. The van der Waals surface area contributed by atoms with Crippen LogP contribution in [0.15, 0.2) is 48.7 Å². The number of carbonyl (C=O) groups excluding carboxylic acids is 2. The van der Waals surface area contributed by atoms with Crippen LogP contribution in [0.2, 0.25) is 0 Å². The van der Waals surface area contributed by atoms with Gasteiger partial charge in [-0.15, -0.1) is 0 Å². The molecule has 4 N–H and O–H groups in total. The van der Waals surface area contributed by atoms with E-state index in [0.717, 1.165) is 0 Å². The number of aliphatic hydroxyl groups is 1. The van der Waals surface area contributed by atoms with Gasteiger partial charge in [0.15, 0.2) is 5.69 Å². The van der Waals surface area contributed by atoms with Gasteiger partial charge < -0.3 is 20.5 Å². The van der Waals surface area contributed by atoms with Crippen LogP contribution in [0.25, 0.3) is 5.69 Å². The van der Waals surface area contributed by atoms with Gasteiger partial charge in [-0.2, -0.15) is 14.6 Å². The Balaban J connectivity index is 1.58. The molecule has 3 heterocycles. The smallest absolute Gasteiger partial charge is 0.320 e. The molecule has 0 radical (unpaired) electrons. The predicted molar refractivity (Wildman–Crippen MR) is 144 cm³/mol. The summed E-state index contributed by atoms with van der Waals surface area (Å²) in [6.07, 6.45) is 0.679. The van der Waals surface area contributed by atoms with Gasteiger partial charge in [0.25, 0.3) is 5.91 Å². The lowest BCUT2D eigenvalue weighted by Gasteiger charge is -2.19. The first-order valence-electron chi connectivity index (χ1n) is 12.8. The van der Waals surface area contributed by atoms with Crippen LogP contribution in [0.5, 0.6) is 0 Å². The molecule has 214 valence electrons. The van der Waals surface area contributed by atoms with Crippen LogP contribution in [0.3, 0.4) is 0 Å². The van der Waals surface area contributed by atoms with Gasteiger partial charge in [0.2, 0.25) is 5.95 Å². The number of halogens is 1. The zero-order valence-electron chi connectivity index (χ0n) is 22.8. The lowest BCUT2D eigenvalue weighted by molar-refractivity contribution is -0.154. The summed E-state index contributed by atoms with van der Waals surface area (Å²) in [5.74, 6) is -0.855. The molecule has 13 heteroatoms. The molecule has 3 aromatic rings. The number of ether oxygens (including phenoxy) is 1. The molecule has 0 unspecified atom stereocenters. The number of hydrogen-bond acceptors (Lipinski definition) is 8. The Morgan fingerprint density at radius 2 is 2.00 bits per heavy atom. The van der Waals surface area contributed by atoms with Gasteiger partial charge >= 0.3 is 6.03 Å². The molecular weight excluding hydrogens is 521 g/mol. The fourth-order valence-electron chi connectivity index (χ4n) is 4.24. The number of urea groups is 1. The summed E-state index contributed by atoms with van der Waals surface area (Å²) >= 11 is 0. The number of aromatic nitrogens is 3. The molecule has 1 saturated heterocycles. The SMILES string of the molecule is COCCN1C[C@@H](NC(=O)Nc2c(C)c(C(=O)NCC(C)(C)O)nn2-c2ccccc2)[C@H](c2ccnc(F)c2)O1. The Hall–Kier alpha value is -3.91. The van der Waals surface area contributed by atoms with Crippen molar-refractivity contribution in [3.63, 3.8) is 0 Å². The van der Waals surface area contributed by atoms with E-state index in [1.807, 2.05) is 18.2 Å². The molecule has 2 aromatic heterocycles. The highest BCUT2D eigenvalue weighted by Gasteiger charge is 2.37. The summed E-state index contributed by atoms with van der Waals surface area (Å²) in [4.78, 5) is 35.9. The molecule has 0 bridgehead atoms. The average molecular weight is 556 g/mol. The third-order valence-electron chi connectivity index (χ3n) is 6.22. The van der Waals surface area contributed by atoms with Crippen LogP contribution in [0.1, 0.15) is 41.6 Å². The van der Waals surface area contributed by atoms with Crippen LogP contribution in [0.4, 0.5) is 15.0 Å². The molecule has 40 heavy (non-hydrogen) atoms. The third-order valence-corrected chi connectivity index (χ3v) is 6.22. The van der Waals surface area contributed by atoms with E-state index < -0.39 is 35.6 Å². The van der Waals surface area contributed by atoms with Gasteiger partial charge in [0.05, 0.1) is 23.9 Å². The van der Waals surface area contributed by atoms with Crippen LogP contribution in [0, 0.1) is 12.9 Å². The van der Waals surface area contributed by atoms with Crippen LogP contribution < -0.4 is 16.0 Å². The number of amides is 3. The first-order valence-corrected chi connectivity index (χ1v) is 12.8. The number of para-hydroxylation sites is 1. The largest absolute Gasteiger partial charge is 0.389 e. The molecule has 4 rings (SSSR count). The summed E-state index contributed by atoms with van der Waals surface area (Å²) in [7, 11) is 1.58. The first-order chi connectivity index (χ1) is 19.1. The predicted octanol–water partition coefficient (Wildman–Crippen LogP) is 2.34. The van der Waals surface area contributed by atoms with Crippen molar-refractivity contribution in [3.8, 4) is 5.69 Å². The van der Waals surface area contributed by atoms with Crippen LogP contribution >= 0.6 is 0 Å². The van der Waals surface area contributed by atoms with E-state index in [-0.39, 0.29) is 12.2 Å². The van der Waals surface area contributed by atoms with Gasteiger partial charge in [-0.1, -0.05) is 18.2 Å². The van der Waals surface area contributed by atoms with Gasteiger partial charge in [-0.3, -0.25) is 14.9 Å². The summed E-state index contributed by atoms with van der Waals surface area (Å²) in [5, 5.41) is 24.6. The quantitative estimate of drug-likeness (QED) is 0.279. The summed E-state index contributed by atoms with van der Waals surface area (Å²) < 4.78 is 20.5. The van der Waals surface area contributed by atoms with Gasteiger partial charge in [0.1, 0.15) is 11.9 Å². The van der Waals surface area contributed by atoms with Crippen molar-refractivity contribution in [2.75, 3.05) is 38.7 Å². The Kier molecular flexibility index (Phi) is 9.10. The number of nitrogens with one attached hydrogen (secondary N) is 3. The highest BCUT2D eigenvalue weighted by Crippen LogP contribution is 2.30. The second kappa shape index (κ2) is 12.5. The number of carbonyl (C=O) groups is 2. The Morgan fingerprint density at radius 3 is 2.67 bits per heavy atom. The van der Waals surface area contributed by atoms with E-state index in [0.29, 0.717) is 42.3 Å². The normalized spacial score (nSPS) is 17.6. The van der Waals surface area contributed by atoms with Gasteiger partial charge in [0, 0.05) is 38.5 Å². The van der Waals surface area contributed by atoms with E-state index in [1.54, 1.807) is 51.1 Å². The number of hydrogen-bond donors (Lipinski definition) is 4.